The molecule has 0 radical (unpaired) electrons. The standard InChI is InChI=1S/C11H14N6O3/c1-15(5-8-12-7-13-14-8)10(19)6-17-4-3-9(18)16(2)11(17)20/h3-4,7H,5-6H2,1-2H3,(H,12,13,14). The Morgan fingerprint density at radius 2 is 2.20 bits per heavy atom. The van der Waals surface area contributed by atoms with Crippen LogP contribution < -0.4 is 11.2 Å². The molecule has 2 heterocycles. The van der Waals surface area contributed by atoms with E-state index in [0.29, 0.717) is 5.82 Å². The highest BCUT2D eigenvalue weighted by Gasteiger charge is 2.13. The van der Waals surface area contributed by atoms with E-state index in [9.17, 15) is 14.4 Å². The summed E-state index contributed by atoms with van der Waals surface area (Å²) in [5.74, 6) is 0.274. The lowest BCUT2D eigenvalue weighted by molar-refractivity contribution is -0.131. The van der Waals surface area contributed by atoms with Crippen molar-refractivity contribution in [1.82, 2.24) is 29.2 Å². The fraction of sp³-hybridized carbons (Fsp3) is 0.364. The third-order valence-electron chi connectivity index (χ3n) is 2.84. The summed E-state index contributed by atoms with van der Waals surface area (Å²) in [7, 11) is 2.96. The van der Waals surface area contributed by atoms with Crippen molar-refractivity contribution in [3.63, 3.8) is 0 Å². The van der Waals surface area contributed by atoms with Gasteiger partial charge in [-0.15, -0.1) is 0 Å². The molecular formula is C11H14N6O3. The Labute approximate surface area is 113 Å². The van der Waals surface area contributed by atoms with Gasteiger partial charge in [-0.1, -0.05) is 0 Å². The monoisotopic (exact) mass is 278 g/mol. The highest BCUT2D eigenvalue weighted by atomic mass is 16.2. The first-order valence-electron chi connectivity index (χ1n) is 5.83. The normalized spacial score (nSPS) is 10.5. The molecule has 2 aromatic heterocycles. The Bertz CT molecular complexity index is 714. The van der Waals surface area contributed by atoms with Crippen LogP contribution in [0.2, 0.25) is 0 Å². The van der Waals surface area contributed by atoms with Crippen molar-refractivity contribution in [2.45, 2.75) is 13.1 Å². The van der Waals surface area contributed by atoms with Gasteiger partial charge in [0.05, 0.1) is 6.54 Å². The van der Waals surface area contributed by atoms with Gasteiger partial charge in [0, 0.05) is 26.4 Å². The van der Waals surface area contributed by atoms with E-state index in [-0.39, 0.29) is 19.0 Å². The summed E-state index contributed by atoms with van der Waals surface area (Å²) in [4.78, 5) is 40.4. The van der Waals surface area contributed by atoms with Gasteiger partial charge in [-0.25, -0.2) is 9.78 Å². The number of carbonyl (C=O) groups excluding carboxylic acids is 1. The molecule has 1 amide bonds. The lowest BCUT2D eigenvalue weighted by Gasteiger charge is -2.16. The van der Waals surface area contributed by atoms with Crippen molar-refractivity contribution in [3.8, 4) is 0 Å². The van der Waals surface area contributed by atoms with Crippen LogP contribution in [0, 0.1) is 0 Å². The van der Waals surface area contributed by atoms with Crippen LogP contribution in [0.5, 0.6) is 0 Å². The number of amides is 1. The molecule has 0 saturated heterocycles. The molecule has 0 aliphatic rings. The zero-order chi connectivity index (χ0) is 14.7. The predicted octanol–water partition coefficient (Wildman–Crippen LogP) is -1.68. The molecule has 1 N–H and O–H groups in total. The number of carbonyl (C=O) groups is 1. The fourth-order valence-corrected chi connectivity index (χ4v) is 1.62. The van der Waals surface area contributed by atoms with Gasteiger partial charge >= 0.3 is 5.69 Å². The molecule has 20 heavy (non-hydrogen) atoms. The van der Waals surface area contributed by atoms with Gasteiger partial charge in [0.25, 0.3) is 5.56 Å². The van der Waals surface area contributed by atoms with E-state index in [4.69, 9.17) is 0 Å². The van der Waals surface area contributed by atoms with Gasteiger partial charge in [-0.2, -0.15) is 5.10 Å². The molecule has 106 valence electrons. The fourth-order valence-electron chi connectivity index (χ4n) is 1.62. The molecule has 0 aliphatic carbocycles. The minimum absolute atomic E-state index is 0.141. The Hall–Kier alpha value is -2.71. The number of likely N-dealkylation sites (N-methyl/N-ethyl adjacent to an activating group) is 1. The van der Waals surface area contributed by atoms with Crippen molar-refractivity contribution in [2.24, 2.45) is 7.05 Å². The maximum atomic E-state index is 12.0. The smallest absolute Gasteiger partial charge is 0.331 e. The first kappa shape index (κ1) is 13.7. The average molecular weight is 278 g/mol. The zero-order valence-electron chi connectivity index (χ0n) is 11.1. The summed E-state index contributed by atoms with van der Waals surface area (Å²) in [5, 5.41) is 6.33. The first-order valence-corrected chi connectivity index (χ1v) is 5.83. The molecular weight excluding hydrogens is 264 g/mol. The molecule has 0 atom stereocenters. The van der Waals surface area contributed by atoms with Gasteiger partial charge in [0.15, 0.2) is 0 Å². The van der Waals surface area contributed by atoms with Crippen molar-refractivity contribution >= 4 is 5.91 Å². The van der Waals surface area contributed by atoms with Gasteiger partial charge < -0.3 is 4.90 Å². The van der Waals surface area contributed by atoms with Crippen LogP contribution in [0.4, 0.5) is 0 Å². The third kappa shape index (κ3) is 2.82. The largest absolute Gasteiger partial charge is 0.337 e. The van der Waals surface area contributed by atoms with E-state index in [1.807, 2.05) is 0 Å². The Morgan fingerprint density at radius 1 is 1.45 bits per heavy atom. The molecule has 0 spiro atoms. The molecule has 9 nitrogen and oxygen atoms in total. The van der Waals surface area contributed by atoms with Crippen LogP contribution in [0.1, 0.15) is 5.82 Å². The summed E-state index contributed by atoms with van der Waals surface area (Å²) in [6, 6.07) is 1.24. The minimum Gasteiger partial charge on any atom is -0.337 e. The second-order valence-electron chi connectivity index (χ2n) is 4.31. The highest BCUT2D eigenvalue weighted by Crippen LogP contribution is 1.96. The van der Waals surface area contributed by atoms with E-state index in [2.05, 4.69) is 15.2 Å². The number of nitrogens with one attached hydrogen (secondary N) is 1. The summed E-state index contributed by atoms with van der Waals surface area (Å²) in [6.07, 6.45) is 2.66. The lowest BCUT2D eigenvalue weighted by atomic mass is 10.4. The second-order valence-corrected chi connectivity index (χ2v) is 4.31. The molecule has 2 aromatic rings. The number of aromatic nitrogens is 5. The summed E-state index contributed by atoms with van der Waals surface area (Å²) >= 11 is 0. The van der Waals surface area contributed by atoms with Crippen molar-refractivity contribution in [3.05, 3.63) is 45.3 Å². The maximum Gasteiger partial charge on any atom is 0.331 e. The van der Waals surface area contributed by atoms with Gasteiger partial charge in [0.2, 0.25) is 5.91 Å². The predicted molar refractivity (Wildman–Crippen MR) is 68.8 cm³/mol. The van der Waals surface area contributed by atoms with E-state index < -0.39 is 11.2 Å². The molecule has 0 aliphatic heterocycles. The number of rotatable bonds is 4. The van der Waals surface area contributed by atoms with E-state index in [1.165, 1.54) is 35.1 Å². The SMILES string of the molecule is CN(Cc1ncn[nH]1)C(=O)Cn1ccc(=O)n(C)c1=O. The maximum absolute atomic E-state index is 12.0. The molecule has 0 aromatic carbocycles. The van der Waals surface area contributed by atoms with Crippen LogP contribution in [-0.2, 0) is 24.9 Å². The molecule has 9 heteroatoms. The third-order valence-corrected chi connectivity index (χ3v) is 2.84. The van der Waals surface area contributed by atoms with Gasteiger partial charge in [-0.05, 0) is 0 Å². The first-order chi connectivity index (χ1) is 9.49. The van der Waals surface area contributed by atoms with E-state index in [1.54, 1.807) is 7.05 Å². The number of hydrogen-bond acceptors (Lipinski definition) is 5. The zero-order valence-corrected chi connectivity index (χ0v) is 11.1. The van der Waals surface area contributed by atoms with E-state index >= 15 is 0 Å². The topological polar surface area (TPSA) is 106 Å². The van der Waals surface area contributed by atoms with Crippen LogP contribution in [0.15, 0.2) is 28.2 Å². The molecule has 0 unspecified atom stereocenters. The number of H-pyrrole nitrogens is 1. The van der Waals surface area contributed by atoms with Crippen molar-refractivity contribution in [1.29, 1.82) is 0 Å². The molecule has 0 saturated carbocycles. The van der Waals surface area contributed by atoms with Crippen LogP contribution in [-0.4, -0.2) is 42.2 Å². The summed E-state index contributed by atoms with van der Waals surface area (Å²) in [5.41, 5.74) is -0.937. The Morgan fingerprint density at radius 3 is 2.85 bits per heavy atom. The number of nitrogens with zero attached hydrogens (tertiary/aromatic N) is 5. The Kier molecular flexibility index (Phi) is 3.78. The van der Waals surface area contributed by atoms with Crippen molar-refractivity contribution < 1.29 is 4.79 Å². The highest BCUT2D eigenvalue weighted by molar-refractivity contribution is 5.75. The van der Waals surface area contributed by atoms with Gasteiger partial charge in [0.1, 0.15) is 18.7 Å². The van der Waals surface area contributed by atoms with Crippen LogP contribution in [0.3, 0.4) is 0 Å². The number of hydrogen-bond donors (Lipinski definition) is 1. The van der Waals surface area contributed by atoms with Crippen molar-refractivity contribution in [2.75, 3.05) is 7.05 Å². The molecule has 0 bridgehead atoms. The summed E-state index contributed by atoms with van der Waals surface area (Å²) in [6.45, 7) is 0.122. The number of aromatic amines is 1. The van der Waals surface area contributed by atoms with Gasteiger partial charge in [-0.3, -0.25) is 23.8 Å². The Balaban J connectivity index is 2.10. The molecule has 2 rings (SSSR count). The van der Waals surface area contributed by atoms with Crippen LogP contribution in [0.25, 0.3) is 0 Å². The summed E-state index contributed by atoms with van der Waals surface area (Å²) < 4.78 is 2.13. The quantitative estimate of drug-likeness (QED) is 0.719. The molecule has 0 fully saturated rings. The average Bonchev–Trinajstić information content (AvgIpc) is 2.92. The van der Waals surface area contributed by atoms with Crippen LogP contribution >= 0.6 is 0 Å². The second kappa shape index (κ2) is 5.51. The van der Waals surface area contributed by atoms with E-state index in [0.717, 1.165) is 4.57 Å². The lowest BCUT2D eigenvalue weighted by Crippen LogP contribution is -2.40. The minimum atomic E-state index is -0.529.